The maximum absolute atomic E-state index is 12.8. The number of nitrogens with zero attached hydrogens (tertiary/aromatic N) is 1. The fourth-order valence-corrected chi connectivity index (χ4v) is 4.36. The average molecular weight is 492 g/mol. The van der Waals surface area contributed by atoms with E-state index < -0.39 is 12.0 Å². The Morgan fingerprint density at radius 2 is 1.67 bits per heavy atom. The average Bonchev–Trinajstić information content (AvgIpc) is 2.87. The molecule has 0 spiro atoms. The lowest BCUT2D eigenvalue weighted by Gasteiger charge is -2.35. The van der Waals surface area contributed by atoms with Gasteiger partial charge in [-0.15, -0.1) is 0 Å². The first-order chi connectivity index (χ1) is 17.4. The van der Waals surface area contributed by atoms with Gasteiger partial charge in [-0.3, -0.25) is 9.69 Å². The number of carbonyl (C=O) groups excluding carboxylic acids is 3. The molecule has 2 aromatic carbocycles. The molecule has 1 aliphatic heterocycles. The summed E-state index contributed by atoms with van der Waals surface area (Å²) in [6.45, 7) is 8.45. The molecule has 0 aromatic heterocycles. The van der Waals surface area contributed by atoms with Crippen LogP contribution in [-0.2, 0) is 16.0 Å². The molecule has 3 amide bonds. The molecule has 0 fully saturated rings. The molecule has 0 unspecified atom stereocenters. The second-order valence-electron chi connectivity index (χ2n) is 8.98. The summed E-state index contributed by atoms with van der Waals surface area (Å²) in [5, 5.41) is 5.86. The van der Waals surface area contributed by atoms with Gasteiger partial charge < -0.3 is 15.4 Å². The van der Waals surface area contributed by atoms with E-state index in [4.69, 9.17) is 4.74 Å². The first-order valence-electron chi connectivity index (χ1n) is 12.9. The van der Waals surface area contributed by atoms with Crippen molar-refractivity contribution in [3.8, 4) is 0 Å². The van der Waals surface area contributed by atoms with Gasteiger partial charge in [0, 0.05) is 23.5 Å². The van der Waals surface area contributed by atoms with Crippen molar-refractivity contribution < 1.29 is 19.1 Å². The molecule has 3 rings (SSSR count). The van der Waals surface area contributed by atoms with Crippen LogP contribution < -0.4 is 10.6 Å². The van der Waals surface area contributed by atoms with Crippen LogP contribution in [0.15, 0.2) is 59.8 Å². The van der Waals surface area contributed by atoms with Crippen molar-refractivity contribution >= 4 is 23.6 Å². The summed E-state index contributed by atoms with van der Waals surface area (Å²) in [6, 6.07) is 14.0. The third kappa shape index (κ3) is 6.53. The van der Waals surface area contributed by atoms with Crippen LogP contribution in [0.5, 0.6) is 0 Å². The number of esters is 1. The van der Waals surface area contributed by atoms with Crippen LogP contribution in [0, 0.1) is 0 Å². The Kier molecular flexibility index (Phi) is 9.68. The van der Waals surface area contributed by atoms with E-state index >= 15 is 0 Å². The number of urea groups is 1. The zero-order valence-electron chi connectivity index (χ0n) is 21.7. The summed E-state index contributed by atoms with van der Waals surface area (Å²) >= 11 is 0. The summed E-state index contributed by atoms with van der Waals surface area (Å²) in [5.41, 5.74) is 4.20. The van der Waals surface area contributed by atoms with Crippen molar-refractivity contribution in [2.24, 2.45) is 0 Å². The molecule has 0 saturated heterocycles. The zero-order chi connectivity index (χ0) is 26.1. The summed E-state index contributed by atoms with van der Waals surface area (Å²) in [7, 11) is 0. The van der Waals surface area contributed by atoms with Crippen molar-refractivity contribution in [3.05, 3.63) is 76.5 Å². The number of aryl methyl sites for hydroxylation is 1. The Bertz CT molecular complexity index is 1090. The lowest BCUT2D eigenvalue weighted by molar-refractivity contribution is -0.139. The Morgan fingerprint density at radius 1 is 0.972 bits per heavy atom. The standard InChI is InChI=1S/C29H37N3O4/c1-5-8-9-10-21-11-13-23(14-12-21)27(33)30-24-17-15-22(16-18-24)26-25(28(34)36-7-3)20(4)32(19-6-2)29(35)31-26/h11-18,26H,5-10,19H2,1-4H3,(H,30,33)(H,31,35)/t26-/m0/s1. The Morgan fingerprint density at radius 3 is 2.28 bits per heavy atom. The number of hydrogen-bond acceptors (Lipinski definition) is 4. The van der Waals surface area contributed by atoms with E-state index in [1.54, 1.807) is 43.0 Å². The highest BCUT2D eigenvalue weighted by Crippen LogP contribution is 2.32. The second kappa shape index (κ2) is 12.9. The van der Waals surface area contributed by atoms with E-state index in [0.717, 1.165) is 24.8 Å². The van der Waals surface area contributed by atoms with Gasteiger partial charge in [0.2, 0.25) is 0 Å². The Labute approximate surface area is 213 Å². The van der Waals surface area contributed by atoms with Crippen molar-refractivity contribution in [1.82, 2.24) is 10.2 Å². The van der Waals surface area contributed by atoms with E-state index in [0.29, 0.717) is 29.1 Å². The molecule has 1 heterocycles. The molecular formula is C29H37N3O4. The molecular weight excluding hydrogens is 454 g/mol. The molecule has 0 aliphatic carbocycles. The number of nitrogens with one attached hydrogen (secondary N) is 2. The number of anilines is 1. The van der Waals surface area contributed by atoms with Crippen LogP contribution in [0.4, 0.5) is 10.5 Å². The van der Waals surface area contributed by atoms with Gasteiger partial charge >= 0.3 is 12.0 Å². The van der Waals surface area contributed by atoms with Crippen molar-refractivity contribution in [2.75, 3.05) is 18.5 Å². The number of rotatable bonds is 11. The summed E-state index contributed by atoms with van der Waals surface area (Å²) in [6.07, 6.45) is 5.33. The lowest BCUT2D eigenvalue weighted by Crippen LogP contribution is -2.48. The number of benzene rings is 2. The maximum atomic E-state index is 12.8. The van der Waals surface area contributed by atoms with Gasteiger partial charge in [-0.2, -0.15) is 0 Å². The minimum absolute atomic E-state index is 0.188. The fraction of sp³-hybridized carbons (Fsp3) is 0.414. The second-order valence-corrected chi connectivity index (χ2v) is 8.98. The first-order valence-corrected chi connectivity index (χ1v) is 12.9. The number of unbranched alkanes of at least 4 members (excludes halogenated alkanes) is 2. The molecule has 7 heteroatoms. The quantitative estimate of drug-likeness (QED) is 0.299. The van der Waals surface area contributed by atoms with Crippen LogP contribution in [0.2, 0.25) is 0 Å². The molecule has 36 heavy (non-hydrogen) atoms. The summed E-state index contributed by atoms with van der Waals surface area (Å²) < 4.78 is 5.29. The fourth-order valence-electron chi connectivity index (χ4n) is 4.36. The normalized spacial score (nSPS) is 15.5. The molecule has 0 saturated carbocycles. The van der Waals surface area contributed by atoms with Crippen molar-refractivity contribution in [2.45, 2.75) is 65.8 Å². The third-order valence-electron chi connectivity index (χ3n) is 6.33. The molecule has 0 bridgehead atoms. The van der Waals surface area contributed by atoms with Crippen LogP contribution in [0.3, 0.4) is 0 Å². The van der Waals surface area contributed by atoms with Crippen LogP contribution in [-0.4, -0.2) is 36.0 Å². The first kappa shape index (κ1) is 27.0. The predicted octanol–water partition coefficient (Wildman–Crippen LogP) is 5.99. The van der Waals surface area contributed by atoms with Crippen molar-refractivity contribution in [3.63, 3.8) is 0 Å². The van der Waals surface area contributed by atoms with E-state index in [1.165, 1.54) is 18.4 Å². The zero-order valence-corrected chi connectivity index (χ0v) is 21.7. The molecule has 7 nitrogen and oxygen atoms in total. The highest BCUT2D eigenvalue weighted by molar-refractivity contribution is 6.04. The number of allylic oxidation sites excluding steroid dienone is 1. The summed E-state index contributed by atoms with van der Waals surface area (Å²) in [4.78, 5) is 39.8. The van der Waals surface area contributed by atoms with Gasteiger partial charge in [-0.25, -0.2) is 9.59 Å². The molecule has 2 N–H and O–H groups in total. The highest BCUT2D eigenvalue weighted by Gasteiger charge is 2.36. The Balaban J connectivity index is 1.74. The largest absolute Gasteiger partial charge is 0.463 e. The number of ether oxygens (including phenoxy) is 1. The van der Waals surface area contributed by atoms with Crippen LogP contribution in [0.1, 0.15) is 80.9 Å². The van der Waals surface area contributed by atoms with Crippen LogP contribution in [0.25, 0.3) is 0 Å². The minimum Gasteiger partial charge on any atom is -0.463 e. The van der Waals surface area contributed by atoms with Crippen molar-refractivity contribution in [1.29, 1.82) is 0 Å². The highest BCUT2D eigenvalue weighted by atomic mass is 16.5. The van der Waals surface area contributed by atoms with Gasteiger partial charge in [0.15, 0.2) is 0 Å². The number of amides is 3. The molecule has 0 radical (unpaired) electrons. The van der Waals surface area contributed by atoms with Crippen LogP contribution >= 0.6 is 0 Å². The molecule has 1 atom stereocenters. The third-order valence-corrected chi connectivity index (χ3v) is 6.33. The van der Waals surface area contributed by atoms with Gasteiger partial charge in [-0.1, -0.05) is 51.0 Å². The van der Waals surface area contributed by atoms with E-state index in [9.17, 15) is 14.4 Å². The van der Waals surface area contributed by atoms with Gasteiger partial charge in [0.05, 0.1) is 18.2 Å². The number of carbonyl (C=O) groups is 3. The SMILES string of the molecule is CCCCCc1ccc(C(=O)Nc2ccc([C@@H]3NC(=O)N(CCC)C(C)=C3C(=O)OCC)cc2)cc1. The maximum Gasteiger partial charge on any atom is 0.338 e. The molecule has 1 aliphatic rings. The van der Waals surface area contributed by atoms with E-state index in [-0.39, 0.29) is 18.5 Å². The van der Waals surface area contributed by atoms with Gasteiger partial charge in [0.1, 0.15) is 0 Å². The van der Waals surface area contributed by atoms with E-state index in [1.807, 2.05) is 31.2 Å². The summed E-state index contributed by atoms with van der Waals surface area (Å²) in [5.74, 6) is -0.636. The smallest absolute Gasteiger partial charge is 0.338 e. The van der Waals surface area contributed by atoms with Gasteiger partial charge in [-0.05, 0) is 68.5 Å². The Hall–Kier alpha value is -3.61. The topological polar surface area (TPSA) is 87.7 Å². The monoisotopic (exact) mass is 491 g/mol. The minimum atomic E-state index is -0.630. The number of hydrogen-bond donors (Lipinski definition) is 2. The van der Waals surface area contributed by atoms with Gasteiger partial charge in [0.25, 0.3) is 5.91 Å². The molecule has 192 valence electrons. The predicted molar refractivity (Wildman–Crippen MR) is 142 cm³/mol. The van der Waals surface area contributed by atoms with E-state index in [2.05, 4.69) is 17.6 Å². The molecule has 2 aromatic rings. The lowest BCUT2D eigenvalue weighted by atomic mass is 9.94.